The Labute approximate surface area is 117 Å². The van der Waals surface area contributed by atoms with E-state index in [1.165, 1.54) is 10.9 Å². The molecule has 20 heavy (non-hydrogen) atoms. The standard InChI is InChI=1S/C13H22N4O3/c1-16-10-15-17(12(16)19)8-11(18)14-9-13(20)6-4-2-3-5-7-13/h10,20H,2-9H2,1H3,(H,14,18). The normalized spacial score (nSPS) is 18.5. The van der Waals surface area contributed by atoms with Gasteiger partial charge in [-0.2, -0.15) is 5.10 Å². The highest BCUT2D eigenvalue weighted by Gasteiger charge is 2.28. The molecule has 2 rings (SSSR count). The Balaban J connectivity index is 1.85. The minimum absolute atomic E-state index is 0.115. The van der Waals surface area contributed by atoms with Crippen molar-refractivity contribution >= 4 is 5.91 Å². The summed E-state index contributed by atoms with van der Waals surface area (Å²) in [6.07, 6.45) is 7.07. The van der Waals surface area contributed by atoms with Crippen molar-refractivity contribution in [3.05, 3.63) is 16.8 Å². The van der Waals surface area contributed by atoms with Gasteiger partial charge in [0.1, 0.15) is 12.9 Å². The van der Waals surface area contributed by atoms with E-state index < -0.39 is 5.60 Å². The summed E-state index contributed by atoms with van der Waals surface area (Å²) in [6.45, 7) is 0.128. The van der Waals surface area contributed by atoms with Crippen LogP contribution in [0.15, 0.2) is 11.1 Å². The summed E-state index contributed by atoms with van der Waals surface area (Å²) in [6, 6.07) is 0. The highest BCUT2D eigenvalue weighted by atomic mass is 16.3. The van der Waals surface area contributed by atoms with Gasteiger partial charge in [-0.3, -0.25) is 9.36 Å². The van der Waals surface area contributed by atoms with E-state index in [9.17, 15) is 14.7 Å². The minimum Gasteiger partial charge on any atom is -0.388 e. The van der Waals surface area contributed by atoms with Gasteiger partial charge in [-0.25, -0.2) is 9.48 Å². The third kappa shape index (κ3) is 3.69. The van der Waals surface area contributed by atoms with E-state index in [2.05, 4.69) is 10.4 Å². The fraction of sp³-hybridized carbons (Fsp3) is 0.769. The number of carbonyl (C=O) groups is 1. The zero-order valence-electron chi connectivity index (χ0n) is 11.8. The topological polar surface area (TPSA) is 89.2 Å². The summed E-state index contributed by atoms with van der Waals surface area (Å²) in [5.74, 6) is -0.302. The van der Waals surface area contributed by atoms with Crippen LogP contribution in [-0.4, -0.2) is 37.5 Å². The van der Waals surface area contributed by atoms with Crippen molar-refractivity contribution in [2.24, 2.45) is 7.05 Å². The van der Waals surface area contributed by atoms with Gasteiger partial charge in [-0.1, -0.05) is 25.7 Å². The Hall–Kier alpha value is -1.63. The smallest absolute Gasteiger partial charge is 0.345 e. The van der Waals surface area contributed by atoms with E-state index in [4.69, 9.17) is 0 Å². The van der Waals surface area contributed by atoms with Gasteiger partial charge in [0.15, 0.2) is 0 Å². The lowest BCUT2D eigenvalue weighted by Crippen LogP contribution is -2.44. The Bertz CT molecular complexity index is 512. The number of amides is 1. The van der Waals surface area contributed by atoms with Crippen LogP contribution in [0.4, 0.5) is 0 Å². The van der Waals surface area contributed by atoms with E-state index in [0.29, 0.717) is 0 Å². The third-order valence-corrected chi connectivity index (χ3v) is 3.83. The Morgan fingerprint density at radius 1 is 1.40 bits per heavy atom. The third-order valence-electron chi connectivity index (χ3n) is 3.83. The number of aryl methyl sites for hydroxylation is 1. The largest absolute Gasteiger partial charge is 0.388 e. The van der Waals surface area contributed by atoms with Gasteiger partial charge >= 0.3 is 5.69 Å². The van der Waals surface area contributed by atoms with Crippen molar-refractivity contribution < 1.29 is 9.90 Å². The van der Waals surface area contributed by atoms with Gasteiger partial charge in [0.05, 0.1) is 5.60 Å². The first-order valence-electron chi connectivity index (χ1n) is 7.08. The Morgan fingerprint density at radius 3 is 2.60 bits per heavy atom. The molecule has 2 N–H and O–H groups in total. The van der Waals surface area contributed by atoms with Gasteiger partial charge in [-0.05, 0) is 12.8 Å². The maximum atomic E-state index is 11.8. The van der Waals surface area contributed by atoms with Crippen LogP contribution in [0, 0.1) is 0 Å². The van der Waals surface area contributed by atoms with Crippen LogP contribution in [0.3, 0.4) is 0 Å². The number of carbonyl (C=O) groups excluding carboxylic acids is 1. The molecular weight excluding hydrogens is 260 g/mol. The molecule has 0 aliphatic heterocycles. The van der Waals surface area contributed by atoms with E-state index in [-0.39, 0.29) is 24.7 Å². The zero-order valence-corrected chi connectivity index (χ0v) is 11.8. The first-order valence-corrected chi connectivity index (χ1v) is 7.08. The molecule has 0 unspecified atom stereocenters. The molecule has 0 atom stereocenters. The van der Waals surface area contributed by atoms with Crippen molar-refractivity contribution in [3.63, 3.8) is 0 Å². The SMILES string of the molecule is Cn1cnn(CC(=O)NCC2(O)CCCCCC2)c1=O. The van der Waals surface area contributed by atoms with Gasteiger partial charge < -0.3 is 10.4 Å². The molecule has 1 amide bonds. The quantitative estimate of drug-likeness (QED) is 0.747. The summed E-state index contributed by atoms with van der Waals surface area (Å²) in [5, 5.41) is 17.0. The molecule has 1 aliphatic rings. The fourth-order valence-electron chi connectivity index (χ4n) is 2.55. The number of aromatic nitrogens is 3. The second kappa shape index (κ2) is 6.21. The van der Waals surface area contributed by atoms with Crippen LogP contribution >= 0.6 is 0 Å². The van der Waals surface area contributed by atoms with Crippen molar-refractivity contribution in [1.82, 2.24) is 19.7 Å². The molecule has 0 radical (unpaired) electrons. The van der Waals surface area contributed by atoms with E-state index in [0.717, 1.165) is 43.2 Å². The lowest BCUT2D eigenvalue weighted by Gasteiger charge is -2.26. The van der Waals surface area contributed by atoms with Crippen molar-refractivity contribution in [2.75, 3.05) is 6.54 Å². The van der Waals surface area contributed by atoms with Crippen molar-refractivity contribution in [2.45, 2.75) is 50.7 Å². The van der Waals surface area contributed by atoms with E-state index in [1.807, 2.05) is 0 Å². The molecule has 0 spiro atoms. The van der Waals surface area contributed by atoms with Crippen LogP contribution in [0.1, 0.15) is 38.5 Å². The molecule has 1 fully saturated rings. The first kappa shape index (κ1) is 14.8. The lowest BCUT2D eigenvalue weighted by atomic mass is 9.94. The van der Waals surface area contributed by atoms with E-state index in [1.54, 1.807) is 7.05 Å². The van der Waals surface area contributed by atoms with Crippen molar-refractivity contribution in [3.8, 4) is 0 Å². The highest BCUT2D eigenvalue weighted by Crippen LogP contribution is 2.26. The molecule has 0 aromatic carbocycles. The molecule has 0 saturated heterocycles. The van der Waals surface area contributed by atoms with Crippen molar-refractivity contribution in [1.29, 1.82) is 0 Å². The predicted molar refractivity (Wildman–Crippen MR) is 73.1 cm³/mol. The monoisotopic (exact) mass is 282 g/mol. The number of nitrogens with one attached hydrogen (secondary N) is 1. The molecule has 1 aromatic rings. The maximum Gasteiger partial charge on any atom is 0.345 e. The summed E-state index contributed by atoms with van der Waals surface area (Å²) in [4.78, 5) is 23.4. The van der Waals surface area contributed by atoms with Crippen LogP contribution in [0.5, 0.6) is 0 Å². The summed E-state index contributed by atoms with van der Waals surface area (Å²) < 4.78 is 2.42. The minimum atomic E-state index is -0.804. The first-order chi connectivity index (χ1) is 9.50. The number of nitrogens with zero attached hydrogens (tertiary/aromatic N) is 3. The molecule has 1 aliphatic carbocycles. The molecular formula is C13H22N4O3. The van der Waals surface area contributed by atoms with Crippen LogP contribution < -0.4 is 11.0 Å². The highest BCUT2D eigenvalue weighted by molar-refractivity contribution is 5.75. The van der Waals surface area contributed by atoms with Crippen LogP contribution in [0.25, 0.3) is 0 Å². The number of aliphatic hydroxyl groups is 1. The predicted octanol–water partition coefficient (Wildman–Crippen LogP) is -0.217. The average Bonchev–Trinajstić information content (AvgIpc) is 2.64. The molecule has 112 valence electrons. The Morgan fingerprint density at radius 2 is 2.05 bits per heavy atom. The second-order valence-corrected chi connectivity index (χ2v) is 5.60. The van der Waals surface area contributed by atoms with Gasteiger partial charge in [0.25, 0.3) is 0 Å². The molecule has 1 heterocycles. The average molecular weight is 282 g/mol. The Kier molecular flexibility index (Phi) is 4.59. The summed E-state index contributed by atoms with van der Waals surface area (Å²) >= 11 is 0. The maximum absolute atomic E-state index is 11.8. The second-order valence-electron chi connectivity index (χ2n) is 5.60. The van der Waals surface area contributed by atoms with Gasteiger partial charge in [0.2, 0.25) is 5.91 Å². The van der Waals surface area contributed by atoms with Gasteiger partial charge in [-0.15, -0.1) is 0 Å². The zero-order chi connectivity index (χ0) is 14.6. The molecule has 1 saturated carbocycles. The molecule has 1 aromatic heterocycles. The van der Waals surface area contributed by atoms with Gasteiger partial charge in [0, 0.05) is 13.6 Å². The fourth-order valence-corrected chi connectivity index (χ4v) is 2.55. The summed E-state index contributed by atoms with van der Waals surface area (Å²) in [7, 11) is 1.58. The molecule has 0 bridgehead atoms. The number of hydrogen-bond acceptors (Lipinski definition) is 4. The van der Waals surface area contributed by atoms with E-state index >= 15 is 0 Å². The number of hydrogen-bond donors (Lipinski definition) is 2. The molecule has 7 heteroatoms. The van der Waals surface area contributed by atoms with Crippen LogP contribution in [-0.2, 0) is 18.4 Å². The number of rotatable bonds is 4. The lowest BCUT2D eigenvalue weighted by molar-refractivity contribution is -0.123. The van der Waals surface area contributed by atoms with Crippen LogP contribution in [0.2, 0.25) is 0 Å². The summed E-state index contributed by atoms with van der Waals surface area (Å²) in [5.41, 5.74) is -1.13. The molecule has 7 nitrogen and oxygen atoms in total.